The van der Waals surface area contributed by atoms with Crippen molar-refractivity contribution in [2.45, 2.75) is 4.90 Å². The fraction of sp³-hybridized carbons (Fsp3) is 0.385. The fourth-order valence-electron chi connectivity index (χ4n) is 2.10. The summed E-state index contributed by atoms with van der Waals surface area (Å²) < 4.78 is 26.4. The van der Waals surface area contributed by atoms with Gasteiger partial charge in [-0.05, 0) is 13.1 Å². The highest BCUT2D eigenvalue weighted by molar-refractivity contribution is 7.89. The maximum Gasteiger partial charge on any atom is 0.272 e. The molecule has 0 N–H and O–H groups in total. The van der Waals surface area contributed by atoms with Crippen LogP contribution in [0.25, 0.3) is 0 Å². The maximum atomic E-state index is 12.6. The molecule has 1 aliphatic heterocycles. The van der Waals surface area contributed by atoms with Gasteiger partial charge in [0.2, 0.25) is 10.0 Å². The Morgan fingerprint density at radius 3 is 2.38 bits per heavy atom. The largest absolute Gasteiger partial charge is 0.304 e. The number of piperazine rings is 1. The van der Waals surface area contributed by atoms with Crippen LogP contribution in [0.4, 0.5) is 5.69 Å². The molecule has 1 heterocycles. The first-order chi connectivity index (χ1) is 9.84. The van der Waals surface area contributed by atoms with Crippen LogP contribution in [0.2, 0.25) is 0 Å². The van der Waals surface area contributed by atoms with Crippen molar-refractivity contribution >= 4 is 15.7 Å². The van der Waals surface area contributed by atoms with Gasteiger partial charge in [0.05, 0.1) is 9.82 Å². The minimum atomic E-state index is -3.77. The number of sulfonamides is 1. The van der Waals surface area contributed by atoms with E-state index in [1.54, 1.807) is 0 Å². The number of benzene rings is 1. The highest BCUT2D eigenvalue weighted by Gasteiger charge is 2.29. The van der Waals surface area contributed by atoms with Crippen molar-refractivity contribution in [3.63, 3.8) is 0 Å². The molecule has 0 bridgehead atoms. The van der Waals surface area contributed by atoms with Gasteiger partial charge in [-0.2, -0.15) is 4.31 Å². The van der Waals surface area contributed by atoms with E-state index in [1.165, 1.54) is 16.4 Å². The Bertz CT molecular complexity index is 701. The van der Waals surface area contributed by atoms with Crippen LogP contribution >= 0.6 is 0 Å². The van der Waals surface area contributed by atoms with Gasteiger partial charge >= 0.3 is 0 Å². The normalized spacial score (nSPS) is 17.3. The molecule has 1 saturated heterocycles. The van der Waals surface area contributed by atoms with Crippen molar-refractivity contribution in [1.29, 1.82) is 0 Å². The van der Waals surface area contributed by atoms with Gasteiger partial charge in [-0.1, -0.05) is 5.92 Å². The molecule has 0 aliphatic carbocycles. The van der Waals surface area contributed by atoms with Crippen LogP contribution in [0.3, 0.4) is 0 Å². The van der Waals surface area contributed by atoms with Gasteiger partial charge < -0.3 is 4.90 Å². The molecule has 21 heavy (non-hydrogen) atoms. The van der Waals surface area contributed by atoms with Crippen LogP contribution in [-0.2, 0) is 10.0 Å². The molecule has 0 aromatic heterocycles. The zero-order valence-electron chi connectivity index (χ0n) is 11.5. The van der Waals surface area contributed by atoms with E-state index in [1.807, 2.05) is 11.9 Å². The number of hydrogen-bond donors (Lipinski definition) is 0. The van der Waals surface area contributed by atoms with Crippen LogP contribution in [0.1, 0.15) is 5.56 Å². The lowest BCUT2D eigenvalue weighted by Crippen LogP contribution is -2.47. The lowest BCUT2D eigenvalue weighted by Gasteiger charge is -2.31. The van der Waals surface area contributed by atoms with Gasteiger partial charge in [-0.25, -0.2) is 8.42 Å². The first kappa shape index (κ1) is 15.4. The van der Waals surface area contributed by atoms with Gasteiger partial charge in [-0.15, -0.1) is 6.42 Å². The molecule has 0 atom stereocenters. The molecular formula is C13H15N3O4S. The summed E-state index contributed by atoms with van der Waals surface area (Å²) in [6.07, 6.45) is 5.24. The Morgan fingerprint density at radius 2 is 1.86 bits per heavy atom. The van der Waals surface area contributed by atoms with E-state index in [0.29, 0.717) is 26.2 Å². The second-order valence-corrected chi connectivity index (χ2v) is 6.76. The van der Waals surface area contributed by atoms with E-state index < -0.39 is 14.9 Å². The van der Waals surface area contributed by atoms with Crippen molar-refractivity contribution in [2.24, 2.45) is 0 Å². The molecule has 1 fully saturated rings. The van der Waals surface area contributed by atoms with Crippen LogP contribution in [0.5, 0.6) is 0 Å². The molecule has 7 nitrogen and oxygen atoms in total. The summed E-state index contributed by atoms with van der Waals surface area (Å²) in [6, 6.07) is 3.53. The number of likely N-dealkylation sites (N-methyl/N-ethyl adjacent to an activating group) is 1. The van der Waals surface area contributed by atoms with E-state index in [2.05, 4.69) is 5.92 Å². The summed E-state index contributed by atoms with van der Waals surface area (Å²) in [5, 5.41) is 10.9. The van der Waals surface area contributed by atoms with Crippen LogP contribution in [-0.4, -0.2) is 55.8 Å². The molecule has 0 radical (unpaired) electrons. The van der Waals surface area contributed by atoms with Crippen LogP contribution < -0.4 is 0 Å². The second-order valence-electron chi connectivity index (χ2n) is 4.82. The lowest BCUT2D eigenvalue weighted by atomic mass is 10.2. The molecule has 1 aliphatic rings. The van der Waals surface area contributed by atoms with Gasteiger partial charge in [0.25, 0.3) is 5.69 Å². The third kappa shape index (κ3) is 3.21. The number of nitrogens with zero attached hydrogens (tertiary/aromatic N) is 3. The minimum absolute atomic E-state index is 0.130. The molecule has 0 amide bonds. The Balaban J connectivity index is 2.42. The lowest BCUT2D eigenvalue weighted by molar-refractivity contribution is -0.385. The Hall–Kier alpha value is -1.95. The quantitative estimate of drug-likeness (QED) is 0.461. The molecule has 0 unspecified atom stereocenters. The predicted octanol–water partition coefficient (Wildman–Crippen LogP) is 0.512. The first-order valence-electron chi connectivity index (χ1n) is 6.29. The molecule has 1 aromatic carbocycles. The highest BCUT2D eigenvalue weighted by atomic mass is 32.2. The van der Waals surface area contributed by atoms with Crippen molar-refractivity contribution in [1.82, 2.24) is 9.21 Å². The predicted molar refractivity (Wildman–Crippen MR) is 77.3 cm³/mol. The molecule has 2 rings (SSSR count). The van der Waals surface area contributed by atoms with Gasteiger partial charge in [0, 0.05) is 43.9 Å². The molecule has 0 saturated carbocycles. The molecule has 112 valence electrons. The molecule has 0 spiro atoms. The number of rotatable bonds is 3. The third-order valence-corrected chi connectivity index (χ3v) is 5.25. The topological polar surface area (TPSA) is 83.8 Å². The maximum absolute atomic E-state index is 12.6. The number of non-ortho nitro benzene ring substituents is 1. The number of nitro groups is 1. The summed E-state index contributed by atoms with van der Waals surface area (Å²) >= 11 is 0. The van der Waals surface area contributed by atoms with E-state index >= 15 is 0 Å². The molecule has 8 heteroatoms. The highest BCUT2D eigenvalue weighted by Crippen LogP contribution is 2.24. The van der Waals surface area contributed by atoms with Crippen molar-refractivity contribution in [3.8, 4) is 12.3 Å². The number of hydrogen-bond acceptors (Lipinski definition) is 5. The van der Waals surface area contributed by atoms with E-state index in [-0.39, 0.29) is 16.1 Å². The first-order valence-corrected chi connectivity index (χ1v) is 7.73. The van der Waals surface area contributed by atoms with Crippen molar-refractivity contribution < 1.29 is 13.3 Å². The van der Waals surface area contributed by atoms with Crippen molar-refractivity contribution in [3.05, 3.63) is 33.9 Å². The third-order valence-electron chi connectivity index (χ3n) is 3.37. The smallest absolute Gasteiger partial charge is 0.272 e. The number of terminal acetylenes is 1. The summed E-state index contributed by atoms with van der Waals surface area (Å²) in [4.78, 5) is 12.1. The standard InChI is InChI=1S/C13H15N3O4S/c1-3-11-8-12(16(17)18)10-13(9-11)21(19,20)15-6-4-14(2)5-7-15/h1,8-10H,4-7H2,2H3. The van der Waals surface area contributed by atoms with Crippen molar-refractivity contribution in [2.75, 3.05) is 33.2 Å². The minimum Gasteiger partial charge on any atom is -0.304 e. The van der Waals surface area contributed by atoms with Crippen LogP contribution in [0.15, 0.2) is 23.1 Å². The summed E-state index contributed by atoms with van der Waals surface area (Å²) in [5.41, 5.74) is -0.143. The summed E-state index contributed by atoms with van der Waals surface area (Å²) in [7, 11) is -1.86. The summed E-state index contributed by atoms with van der Waals surface area (Å²) in [6.45, 7) is 1.95. The molecule has 1 aromatic rings. The zero-order valence-corrected chi connectivity index (χ0v) is 12.3. The fourth-order valence-corrected chi connectivity index (χ4v) is 3.59. The van der Waals surface area contributed by atoms with E-state index in [9.17, 15) is 18.5 Å². The number of nitro benzene ring substituents is 1. The summed E-state index contributed by atoms with van der Waals surface area (Å²) in [5.74, 6) is 2.25. The van der Waals surface area contributed by atoms with Gasteiger partial charge in [-0.3, -0.25) is 10.1 Å². The second kappa shape index (κ2) is 5.81. The Morgan fingerprint density at radius 1 is 1.24 bits per heavy atom. The van der Waals surface area contributed by atoms with Gasteiger partial charge in [0.1, 0.15) is 0 Å². The Labute approximate surface area is 123 Å². The van der Waals surface area contributed by atoms with E-state index in [0.717, 1.165) is 6.07 Å². The zero-order chi connectivity index (χ0) is 15.6. The van der Waals surface area contributed by atoms with Crippen LogP contribution in [0, 0.1) is 22.5 Å². The monoisotopic (exact) mass is 309 g/mol. The molecular weight excluding hydrogens is 294 g/mol. The average molecular weight is 309 g/mol. The van der Waals surface area contributed by atoms with Gasteiger partial charge in [0.15, 0.2) is 0 Å². The SMILES string of the molecule is C#Cc1cc([N+](=O)[O-])cc(S(=O)(=O)N2CCN(C)CC2)c1. The average Bonchev–Trinajstić information content (AvgIpc) is 2.47. The van der Waals surface area contributed by atoms with E-state index in [4.69, 9.17) is 6.42 Å². The Kier molecular flexibility index (Phi) is 4.27.